The molecule has 0 fully saturated rings. The summed E-state index contributed by atoms with van der Waals surface area (Å²) in [4.78, 5) is 36.5. The largest absolute Gasteiger partial charge is 0.481 e. The molecule has 3 rings (SSSR count). The Morgan fingerprint density at radius 1 is 1.23 bits per heavy atom. The maximum Gasteiger partial charge on any atom is 0.305 e. The fraction of sp³-hybridized carbons (Fsp3) is 0.304. The lowest BCUT2D eigenvalue weighted by Crippen LogP contribution is -2.38. The van der Waals surface area contributed by atoms with Crippen LogP contribution in [-0.2, 0) is 16.0 Å². The summed E-state index contributed by atoms with van der Waals surface area (Å²) >= 11 is 6.19. The van der Waals surface area contributed by atoms with E-state index in [0.717, 1.165) is 24.1 Å². The van der Waals surface area contributed by atoms with Crippen LogP contribution in [0.1, 0.15) is 48.5 Å². The number of nitrogens with one attached hydrogen (secondary N) is 1. The molecule has 1 aliphatic rings. The third kappa shape index (κ3) is 5.92. The molecule has 8 heteroatoms. The van der Waals surface area contributed by atoms with Crippen LogP contribution >= 0.6 is 11.6 Å². The van der Waals surface area contributed by atoms with Crippen LogP contribution in [0.3, 0.4) is 0 Å². The first-order valence-corrected chi connectivity index (χ1v) is 10.5. The smallest absolute Gasteiger partial charge is 0.305 e. The molecular weight excluding hydrogens is 418 g/mol. The molecule has 0 bridgehead atoms. The molecule has 2 aromatic carbocycles. The average molecular weight is 442 g/mol. The number of nitrogens with zero attached hydrogens (tertiary/aromatic N) is 2. The molecule has 1 heterocycles. The van der Waals surface area contributed by atoms with Gasteiger partial charge in [0.25, 0.3) is 11.8 Å². The molecule has 2 aromatic rings. The van der Waals surface area contributed by atoms with E-state index >= 15 is 0 Å². The Morgan fingerprint density at radius 2 is 2.00 bits per heavy atom. The Bertz CT molecular complexity index is 1020. The summed E-state index contributed by atoms with van der Waals surface area (Å²) in [6.07, 6.45) is 1.97. The van der Waals surface area contributed by atoms with E-state index in [1.54, 1.807) is 42.5 Å². The summed E-state index contributed by atoms with van der Waals surface area (Å²) < 4.78 is 0. The lowest BCUT2D eigenvalue weighted by atomic mass is 10.0. The zero-order chi connectivity index (χ0) is 22.4. The number of rotatable bonds is 9. The quantitative estimate of drug-likeness (QED) is 0.613. The summed E-state index contributed by atoms with van der Waals surface area (Å²) in [7, 11) is 0. The number of hydrazone groups is 1. The highest BCUT2D eigenvalue weighted by Gasteiger charge is 2.25. The minimum Gasteiger partial charge on any atom is -0.481 e. The number of carbonyl (C=O) groups is 3. The van der Waals surface area contributed by atoms with Gasteiger partial charge in [0.15, 0.2) is 0 Å². The SMILES string of the molecule is CCCC1=NN(c2cccc(C(=O)NC(CC(=O)O)Cc3ccccc3Cl)c2)C(=O)C1. The van der Waals surface area contributed by atoms with Gasteiger partial charge in [-0.2, -0.15) is 5.10 Å². The fourth-order valence-electron chi connectivity index (χ4n) is 3.47. The second-order valence-electron chi connectivity index (χ2n) is 7.41. The molecule has 1 atom stereocenters. The number of carboxylic acids is 1. The van der Waals surface area contributed by atoms with Crippen molar-refractivity contribution in [3.8, 4) is 0 Å². The Hall–Kier alpha value is -3.19. The van der Waals surface area contributed by atoms with E-state index in [-0.39, 0.29) is 25.2 Å². The zero-order valence-corrected chi connectivity index (χ0v) is 17.9. The lowest BCUT2D eigenvalue weighted by molar-refractivity contribution is -0.137. The second kappa shape index (κ2) is 10.2. The number of carboxylic acid groups (broad SMARTS) is 1. The number of anilines is 1. The van der Waals surface area contributed by atoms with Gasteiger partial charge in [-0.05, 0) is 42.7 Å². The molecule has 31 heavy (non-hydrogen) atoms. The van der Waals surface area contributed by atoms with E-state index < -0.39 is 17.9 Å². The van der Waals surface area contributed by atoms with Crippen molar-refractivity contribution in [2.24, 2.45) is 5.10 Å². The lowest BCUT2D eigenvalue weighted by Gasteiger charge is -2.19. The van der Waals surface area contributed by atoms with Gasteiger partial charge in [0, 0.05) is 22.3 Å². The second-order valence-corrected chi connectivity index (χ2v) is 7.82. The van der Waals surface area contributed by atoms with Crippen molar-refractivity contribution in [1.29, 1.82) is 0 Å². The molecule has 1 unspecified atom stereocenters. The van der Waals surface area contributed by atoms with Gasteiger partial charge in [-0.15, -0.1) is 0 Å². The summed E-state index contributed by atoms with van der Waals surface area (Å²) in [5.41, 5.74) is 2.40. The summed E-state index contributed by atoms with van der Waals surface area (Å²) in [6.45, 7) is 2.02. The van der Waals surface area contributed by atoms with Crippen molar-refractivity contribution in [1.82, 2.24) is 5.32 Å². The summed E-state index contributed by atoms with van der Waals surface area (Å²) in [5, 5.41) is 18.2. The highest BCUT2D eigenvalue weighted by molar-refractivity contribution is 6.31. The van der Waals surface area contributed by atoms with Crippen molar-refractivity contribution in [3.05, 3.63) is 64.7 Å². The van der Waals surface area contributed by atoms with Crippen LogP contribution in [0.2, 0.25) is 5.02 Å². The van der Waals surface area contributed by atoms with Gasteiger partial charge in [0.2, 0.25) is 0 Å². The Labute approximate surface area is 185 Å². The number of hydrogen-bond donors (Lipinski definition) is 2. The third-order valence-corrected chi connectivity index (χ3v) is 5.27. The van der Waals surface area contributed by atoms with E-state index in [9.17, 15) is 19.5 Å². The van der Waals surface area contributed by atoms with Crippen LogP contribution in [0, 0.1) is 0 Å². The number of carbonyl (C=O) groups excluding carboxylic acids is 2. The van der Waals surface area contributed by atoms with Crippen LogP contribution in [0.5, 0.6) is 0 Å². The van der Waals surface area contributed by atoms with E-state index in [0.29, 0.717) is 16.3 Å². The van der Waals surface area contributed by atoms with Crippen molar-refractivity contribution in [2.45, 2.75) is 45.1 Å². The number of benzene rings is 2. The van der Waals surface area contributed by atoms with Crippen molar-refractivity contribution < 1.29 is 19.5 Å². The monoisotopic (exact) mass is 441 g/mol. The van der Waals surface area contributed by atoms with E-state index in [2.05, 4.69) is 10.4 Å². The Balaban J connectivity index is 1.76. The molecule has 7 nitrogen and oxygen atoms in total. The molecule has 162 valence electrons. The van der Waals surface area contributed by atoms with Crippen molar-refractivity contribution in [3.63, 3.8) is 0 Å². The normalized spacial score (nSPS) is 14.3. The van der Waals surface area contributed by atoms with Crippen LogP contribution in [-0.4, -0.2) is 34.6 Å². The molecule has 0 aromatic heterocycles. The Kier molecular flexibility index (Phi) is 7.41. The first-order chi connectivity index (χ1) is 14.9. The predicted molar refractivity (Wildman–Crippen MR) is 120 cm³/mol. The Morgan fingerprint density at radius 3 is 2.71 bits per heavy atom. The van der Waals surface area contributed by atoms with Gasteiger partial charge in [0.05, 0.1) is 18.5 Å². The minimum absolute atomic E-state index is 0.136. The maximum absolute atomic E-state index is 12.9. The standard InChI is InChI=1S/C23H24ClN3O4/c1-2-6-17-13-21(28)27(26-17)19-9-5-8-16(12-19)23(31)25-18(14-22(29)30)11-15-7-3-4-10-20(15)24/h3-5,7-10,12,18H,2,6,11,13-14H2,1H3,(H,25,31)(H,29,30). The predicted octanol–water partition coefficient (Wildman–Crippen LogP) is 4.05. The molecule has 1 aliphatic heterocycles. The number of halogens is 1. The molecule has 0 radical (unpaired) electrons. The number of aliphatic carboxylic acids is 1. The first kappa shape index (κ1) is 22.5. The summed E-state index contributed by atoms with van der Waals surface area (Å²) in [6, 6.07) is 13.1. The van der Waals surface area contributed by atoms with E-state index in [1.807, 2.05) is 13.0 Å². The minimum atomic E-state index is -1.02. The molecule has 0 saturated carbocycles. The van der Waals surface area contributed by atoms with Gasteiger partial charge in [-0.25, -0.2) is 5.01 Å². The molecular formula is C23H24ClN3O4. The van der Waals surface area contributed by atoms with Gasteiger partial charge in [-0.1, -0.05) is 49.2 Å². The van der Waals surface area contributed by atoms with Gasteiger partial charge < -0.3 is 10.4 Å². The van der Waals surface area contributed by atoms with E-state index in [1.165, 1.54) is 5.01 Å². The van der Waals surface area contributed by atoms with Crippen LogP contribution in [0.4, 0.5) is 5.69 Å². The number of amides is 2. The van der Waals surface area contributed by atoms with Crippen LogP contribution in [0.15, 0.2) is 53.6 Å². The van der Waals surface area contributed by atoms with Gasteiger partial charge >= 0.3 is 5.97 Å². The third-order valence-electron chi connectivity index (χ3n) is 4.90. The number of hydrogen-bond acceptors (Lipinski definition) is 4. The van der Waals surface area contributed by atoms with Crippen LogP contribution < -0.4 is 10.3 Å². The zero-order valence-electron chi connectivity index (χ0n) is 17.2. The molecule has 0 aliphatic carbocycles. The van der Waals surface area contributed by atoms with Crippen molar-refractivity contribution in [2.75, 3.05) is 5.01 Å². The molecule has 0 spiro atoms. The maximum atomic E-state index is 12.9. The van der Waals surface area contributed by atoms with Crippen LogP contribution in [0.25, 0.3) is 0 Å². The molecule has 0 saturated heterocycles. The first-order valence-electron chi connectivity index (χ1n) is 10.1. The highest BCUT2D eigenvalue weighted by Crippen LogP contribution is 2.23. The van der Waals surface area contributed by atoms with Gasteiger partial charge in [0.1, 0.15) is 0 Å². The average Bonchev–Trinajstić information content (AvgIpc) is 3.10. The molecule has 2 N–H and O–H groups in total. The van der Waals surface area contributed by atoms with Gasteiger partial charge in [-0.3, -0.25) is 14.4 Å². The summed E-state index contributed by atoms with van der Waals surface area (Å²) in [5.74, 6) is -1.58. The topological polar surface area (TPSA) is 99.1 Å². The highest BCUT2D eigenvalue weighted by atomic mass is 35.5. The van der Waals surface area contributed by atoms with E-state index in [4.69, 9.17) is 11.6 Å². The van der Waals surface area contributed by atoms with Crippen molar-refractivity contribution >= 4 is 40.8 Å². The molecule has 2 amide bonds. The fourth-order valence-corrected chi connectivity index (χ4v) is 3.69.